The number of amidine groups is 1. The van der Waals surface area contributed by atoms with Crippen LogP contribution in [0.15, 0.2) is 4.99 Å². The van der Waals surface area contributed by atoms with Crippen LogP contribution in [0, 0.1) is 0 Å². The molecule has 1 heterocycles. The molecule has 0 amide bonds. The summed E-state index contributed by atoms with van der Waals surface area (Å²) in [5, 5.41) is 4.34. The second kappa shape index (κ2) is 4.66. The molecule has 1 fully saturated rings. The van der Waals surface area contributed by atoms with Crippen molar-refractivity contribution in [2.75, 3.05) is 17.8 Å². The van der Waals surface area contributed by atoms with Gasteiger partial charge in [0.1, 0.15) is 0 Å². The fraction of sp³-hybridized carbons (Fsp3) is 0.889. The predicted molar refractivity (Wildman–Crippen MR) is 65.5 cm³/mol. The Bertz CT molecular complexity index is 264. The largest absolute Gasteiger partial charge is 0.359 e. The number of hydrogen-bond acceptors (Lipinski definition) is 3. The predicted octanol–water partition coefficient (Wildman–Crippen LogP) is 1.22. The molecule has 0 saturated carbocycles. The third-order valence-electron chi connectivity index (χ3n) is 1.83. The highest BCUT2D eigenvalue weighted by molar-refractivity contribution is 8.14. The van der Waals surface area contributed by atoms with Crippen LogP contribution in [0.5, 0.6) is 0 Å². The van der Waals surface area contributed by atoms with Gasteiger partial charge in [-0.1, -0.05) is 11.8 Å². The molecule has 82 valence electrons. The van der Waals surface area contributed by atoms with Crippen LogP contribution in [-0.4, -0.2) is 38.7 Å². The summed E-state index contributed by atoms with van der Waals surface area (Å²) >= 11 is 1.74. The Morgan fingerprint density at radius 3 is 2.79 bits per heavy atom. The highest BCUT2D eigenvalue weighted by Crippen LogP contribution is 2.22. The lowest BCUT2D eigenvalue weighted by Crippen LogP contribution is -2.37. The summed E-state index contributed by atoms with van der Waals surface area (Å²) < 4.78 is 11.0. The van der Waals surface area contributed by atoms with Gasteiger partial charge in [-0.2, -0.15) is 0 Å². The molecule has 0 radical (unpaired) electrons. The molecule has 2 atom stereocenters. The van der Waals surface area contributed by atoms with Gasteiger partial charge in [0.15, 0.2) is 5.17 Å². The summed E-state index contributed by atoms with van der Waals surface area (Å²) in [5.41, 5.74) is 0.147. The van der Waals surface area contributed by atoms with Crippen LogP contribution in [0.25, 0.3) is 0 Å². The first kappa shape index (κ1) is 12.0. The normalized spacial score (nSPS) is 27.3. The van der Waals surface area contributed by atoms with E-state index in [1.54, 1.807) is 18.0 Å². The molecule has 1 N–H and O–H groups in total. The lowest BCUT2D eigenvalue weighted by atomic mass is 10.1. The van der Waals surface area contributed by atoms with Crippen LogP contribution in [0.3, 0.4) is 0 Å². The second-order valence-corrected chi connectivity index (χ2v) is 6.76. The van der Waals surface area contributed by atoms with Crippen molar-refractivity contribution in [1.82, 2.24) is 5.32 Å². The summed E-state index contributed by atoms with van der Waals surface area (Å²) in [4.78, 5) is 4.49. The van der Waals surface area contributed by atoms with Gasteiger partial charge in [0.2, 0.25) is 0 Å². The first-order valence-corrected chi connectivity index (χ1v) is 7.39. The highest BCUT2D eigenvalue weighted by atomic mass is 32.2. The molecule has 0 aliphatic carbocycles. The monoisotopic (exact) mass is 234 g/mol. The third-order valence-corrected chi connectivity index (χ3v) is 4.13. The van der Waals surface area contributed by atoms with Gasteiger partial charge in [0, 0.05) is 34.1 Å². The number of rotatable bonds is 3. The summed E-state index contributed by atoms with van der Waals surface area (Å²) in [6.45, 7) is 6.32. The summed E-state index contributed by atoms with van der Waals surface area (Å²) in [7, 11) is -0.759. The van der Waals surface area contributed by atoms with Crippen molar-refractivity contribution in [2.45, 2.75) is 32.4 Å². The van der Waals surface area contributed by atoms with Crippen molar-refractivity contribution in [2.24, 2.45) is 4.99 Å². The first-order chi connectivity index (χ1) is 6.39. The van der Waals surface area contributed by atoms with Crippen LogP contribution in [0.2, 0.25) is 0 Å². The molecule has 1 rings (SSSR count). The molecule has 0 bridgehead atoms. The Hall–Kier alpha value is -0.0300. The number of thioether (sulfide) groups is 1. The molecule has 1 saturated heterocycles. The molecule has 14 heavy (non-hydrogen) atoms. The number of nitrogens with zero attached hydrogens (tertiary/aromatic N) is 1. The van der Waals surface area contributed by atoms with E-state index in [0.717, 1.165) is 10.9 Å². The van der Waals surface area contributed by atoms with Crippen LogP contribution < -0.4 is 5.32 Å². The van der Waals surface area contributed by atoms with Gasteiger partial charge < -0.3 is 5.32 Å². The summed E-state index contributed by atoms with van der Waals surface area (Å²) in [6, 6.07) is 0.143. The maximum atomic E-state index is 11.0. The molecular weight excluding hydrogens is 216 g/mol. The molecule has 5 heteroatoms. The van der Waals surface area contributed by atoms with Gasteiger partial charge in [-0.15, -0.1) is 0 Å². The van der Waals surface area contributed by atoms with Crippen molar-refractivity contribution in [3.8, 4) is 0 Å². The second-order valence-electron chi connectivity index (χ2n) is 4.32. The molecule has 0 aromatic rings. The molecule has 0 spiro atoms. The highest BCUT2D eigenvalue weighted by Gasteiger charge is 2.27. The fourth-order valence-electron chi connectivity index (χ4n) is 1.26. The van der Waals surface area contributed by atoms with E-state index in [4.69, 9.17) is 0 Å². The minimum absolute atomic E-state index is 0.143. The standard InChI is InChI=1S/C9H18N2OS2/c1-7(5-14(4)12)10-8-11-9(2,3)6-13-8/h7H,5-6H2,1-4H3,(H,10,11). The van der Waals surface area contributed by atoms with Crippen molar-refractivity contribution in [3.63, 3.8) is 0 Å². The average molecular weight is 234 g/mol. The van der Waals surface area contributed by atoms with Crippen LogP contribution in [0.4, 0.5) is 0 Å². The Kier molecular flexibility index (Phi) is 4.01. The molecule has 0 aromatic carbocycles. The van der Waals surface area contributed by atoms with Gasteiger partial charge in [-0.3, -0.25) is 9.20 Å². The number of nitrogens with one attached hydrogen (secondary N) is 1. The molecule has 2 unspecified atom stereocenters. The quantitative estimate of drug-likeness (QED) is 0.798. The average Bonchev–Trinajstić information content (AvgIpc) is 2.27. The minimum Gasteiger partial charge on any atom is -0.359 e. The zero-order valence-electron chi connectivity index (χ0n) is 9.16. The Balaban J connectivity index is 2.49. The van der Waals surface area contributed by atoms with Crippen molar-refractivity contribution >= 4 is 27.7 Å². The maximum Gasteiger partial charge on any atom is 0.157 e. The Morgan fingerprint density at radius 2 is 2.36 bits per heavy atom. The molecule has 1 aliphatic rings. The van der Waals surface area contributed by atoms with Crippen LogP contribution in [-0.2, 0) is 10.8 Å². The lowest BCUT2D eigenvalue weighted by molar-refractivity contribution is 0.535. The number of aliphatic imine (C=N–C) groups is 1. The van der Waals surface area contributed by atoms with Gasteiger partial charge >= 0.3 is 0 Å². The molecule has 0 aromatic heterocycles. The molecular formula is C9H18N2OS2. The minimum atomic E-state index is -0.759. The summed E-state index contributed by atoms with van der Waals surface area (Å²) in [5.74, 6) is 1.69. The third kappa shape index (κ3) is 4.00. The first-order valence-electron chi connectivity index (χ1n) is 4.68. The number of hydrogen-bond donors (Lipinski definition) is 1. The van der Waals surface area contributed by atoms with Crippen LogP contribution in [0.1, 0.15) is 20.8 Å². The van der Waals surface area contributed by atoms with E-state index in [9.17, 15) is 4.21 Å². The van der Waals surface area contributed by atoms with E-state index in [1.807, 2.05) is 6.92 Å². The van der Waals surface area contributed by atoms with E-state index in [2.05, 4.69) is 24.2 Å². The zero-order chi connectivity index (χ0) is 10.8. The van der Waals surface area contributed by atoms with Gasteiger partial charge in [-0.25, -0.2) is 0 Å². The Morgan fingerprint density at radius 1 is 1.71 bits per heavy atom. The van der Waals surface area contributed by atoms with E-state index in [-0.39, 0.29) is 11.6 Å². The van der Waals surface area contributed by atoms with Crippen molar-refractivity contribution in [1.29, 1.82) is 0 Å². The van der Waals surface area contributed by atoms with E-state index in [1.165, 1.54) is 0 Å². The van der Waals surface area contributed by atoms with Gasteiger partial charge in [0.05, 0.1) is 6.04 Å². The van der Waals surface area contributed by atoms with Gasteiger partial charge in [0.25, 0.3) is 0 Å². The SMILES string of the molecule is CC(CS(C)=O)N=C1NC(C)(C)CS1. The maximum absolute atomic E-state index is 11.0. The Labute approximate surface area is 92.6 Å². The zero-order valence-corrected chi connectivity index (χ0v) is 10.8. The molecule has 3 nitrogen and oxygen atoms in total. The van der Waals surface area contributed by atoms with E-state index < -0.39 is 10.8 Å². The fourth-order valence-corrected chi connectivity index (χ4v) is 3.18. The van der Waals surface area contributed by atoms with Crippen molar-refractivity contribution in [3.05, 3.63) is 0 Å². The topological polar surface area (TPSA) is 41.5 Å². The van der Waals surface area contributed by atoms with E-state index >= 15 is 0 Å². The van der Waals surface area contributed by atoms with Crippen LogP contribution >= 0.6 is 11.8 Å². The van der Waals surface area contributed by atoms with Crippen molar-refractivity contribution < 1.29 is 4.21 Å². The molecule has 1 aliphatic heterocycles. The summed E-state index contributed by atoms with van der Waals surface area (Å²) in [6.07, 6.45) is 1.72. The van der Waals surface area contributed by atoms with E-state index in [0.29, 0.717) is 5.75 Å². The van der Waals surface area contributed by atoms with Gasteiger partial charge in [-0.05, 0) is 20.8 Å². The lowest BCUT2D eigenvalue weighted by Gasteiger charge is -2.16. The smallest absolute Gasteiger partial charge is 0.157 e.